The van der Waals surface area contributed by atoms with Gasteiger partial charge in [0.2, 0.25) is 10.9 Å². The minimum absolute atomic E-state index is 0.0437. The molecule has 0 fully saturated rings. The topological polar surface area (TPSA) is 96.6 Å². The molecule has 1 spiro atoms. The van der Waals surface area contributed by atoms with Gasteiger partial charge in [-0.15, -0.1) is 10.2 Å². The number of nitrogens with zero attached hydrogens (tertiary/aromatic N) is 4. The van der Waals surface area contributed by atoms with Gasteiger partial charge in [0.1, 0.15) is 10.6 Å². The van der Waals surface area contributed by atoms with Crippen molar-refractivity contribution < 1.29 is 14.0 Å². The number of hydrogen-bond acceptors (Lipinski definition) is 7. The van der Waals surface area contributed by atoms with E-state index in [9.17, 15) is 14.4 Å². The quantitative estimate of drug-likeness (QED) is 0.430. The van der Waals surface area contributed by atoms with Crippen LogP contribution in [0.15, 0.2) is 45.6 Å². The van der Waals surface area contributed by atoms with Gasteiger partial charge >= 0.3 is 0 Å². The molecule has 0 bridgehead atoms. The molecule has 0 aliphatic carbocycles. The van der Waals surface area contributed by atoms with E-state index in [2.05, 4.69) is 10.2 Å². The molecule has 2 aromatic heterocycles. The molecule has 176 valence electrons. The number of carbonyl (C=O) groups excluding carboxylic acids is 2. The fraction of sp³-hybridized carbons (Fsp3) is 0.269. The molecule has 35 heavy (non-hydrogen) atoms. The zero-order chi connectivity index (χ0) is 24.6. The van der Waals surface area contributed by atoms with Crippen molar-refractivity contribution >= 4 is 44.9 Å². The second-order valence-electron chi connectivity index (χ2n) is 9.00. The third-order valence-electron chi connectivity index (χ3n) is 6.89. The molecule has 1 atom stereocenters. The Kier molecular flexibility index (Phi) is 4.53. The summed E-state index contributed by atoms with van der Waals surface area (Å²) in [6, 6.07) is 10.8. The summed E-state index contributed by atoms with van der Waals surface area (Å²) >= 11 is 1.19. The molecule has 6 rings (SSSR count). The predicted molar refractivity (Wildman–Crippen MR) is 133 cm³/mol. The number of aryl methyl sites for hydroxylation is 3. The van der Waals surface area contributed by atoms with Crippen molar-refractivity contribution in [3.05, 3.63) is 79.6 Å². The molecular weight excluding hydrogens is 464 g/mol. The van der Waals surface area contributed by atoms with Crippen LogP contribution in [0.25, 0.3) is 11.0 Å². The lowest BCUT2D eigenvalue weighted by Crippen LogP contribution is -2.53. The number of anilines is 2. The monoisotopic (exact) mass is 486 g/mol. The summed E-state index contributed by atoms with van der Waals surface area (Å²) in [5, 5.41) is 9.53. The molecule has 4 aromatic rings. The first kappa shape index (κ1) is 21.7. The van der Waals surface area contributed by atoms with E-state index in [0.717, 1.165) is 11.1 Å². The van der Waals surface area contributed by atoms with Crippen LogP contribution in [0, 0.1) is 20.8 Å². The Morgan fingerprint density at radius 1 is 1.03 bits per heavy atom. The Morgan fingerprint density at radius 3 is 2.49 bits per heavy atom. The highest BCUT2D eigenvalue weighted by atomic mass is 32.1. The first-order valence-electron chi connectivity index (χ1n) is 11.4. The van der Waals surface area contributed by atoms with E-state index >= 15 is 0 Å². The van der Waals surface area contributed by atoms with Crippen LogP contribution in [0.2, 0.25) is 0 Å². The standard InChI is InChI=1S/C26H22N4O4S/c1-5-10-29-18-9-7-6-8-17(18)26(24(29)33)20-21(31)16-11-13(2)14(3)12-19(16)34-22(20)23(32)30(26)25-28-27-15(4)35-25/h6-9,11-12H,5,10H2,1-4H3. The van der Waals surface area contributed by atoms with E-state index in [-0.39, 0.29) is 27.8 Å². The van der Waals surface area contributed by atoms with Crippen molar-refractivity contribution in [2.75, 3.05) is 16.3 Å². The second kappa shape index (κ2) is 7.32. The van der Waals surface area contributed by atoms with Gasteiger partial charge in [0.25, 0.3) is 11.8 Å². The van der Waals surface area contributed by atoms with E-state index in [4.69, 9.17) is 4.42 Å². The number of rotatable bonds is 3. The van der Waals surface area contributed by atoms with Crippen LogP contribution in [-0.2, 0) is 10.3 Å². The number of carbonyl (C=O) groups is 2. The van der Waals surface area contributed by atoms with Crippen molar-refractivity contribution in [3.63, 3.8) is 0 Å². The first-order valence-corrected chi connectivity index (χ1v) is 12.3. The fourth-order valence-electron chi connectivity index (χ4n) is 5.24. The molecule has 1 unspecified atom stereocenters. The maximum atomic E-state index is 14.4. The number of para-hydroxylation sites is 1. The lowest BCUT2D eigenvalue weighted by atomic mass is 9.84. The van der Waals surface area contributed by atoms with E-state index in [1.165, 1.54) is 16.2 Å². The van der Waals surface area contributed by atoms with Gasteiger partial charge < -0.3 is 9.32 Å². The van der Waals surface area contributed by atoms with Gasteiger partial charge in [-0.05, 0) is 56.5 Å². The zero-order valence-corrected chi connectivity index (χ0v) is 20.5. The zero-order valence-electron chi connectivity index (χ0n) is 19.7. The summed E-state index contributed by atoms with van der Waals surface area (Å²) < 4.78 is 6.13. The van der Waals surface area contributed by atoms with Crippen molar-refractivity contribution in [1.29, 1.82) is 0 Å². The molecule has 0 radical (unpaired) electrons. The van der Waals surface area contributed by atoms with Crippen molar-refractivity contribution in [3.8, 4) is 0 Å². The van der Waals surface area contributed by atoms with Gasteiger partial charge in [0.05, 0.1) is 16.6 Å². The minimum atomic E-state index is -1.71. The highest BCUT2D eigenvalue weighted by Gasteiger charge is 2.66. The van der Waals surface area contributed by atoms with Crippen LogP contribution in [0.4, 0.5) is 10.8 Å². The van der Waals surface area contributed by atoms with Crippen molar-refractivity contribution in [2.45, 2.75) is 39.7 Å². The highest BCUT2D eigenvalue weighted by molar-refractivity contribution is 7.15. The van der Waals surface area contributed by atoms with Crippen LogP contribution in [0.5, 0.6) is 0 Å². The number of amides is 2. The Bertz CT molecular complexity index is 1640. The Labute approximate surface area is 204 Å². The number of fused-ring (bicyclic) bond motifs is 5. The summed E-state index contributed by atoms with van der Waals surface area (Å²) in [6.45, 7) is 8.03. The van der Waals surface area contributed by atoms with Crippen LogP contribution in [-0.4, -0.2) is 28.6 Å². The molecule has 0 N–H and O–H groups in total. The molecule has 2 aromatic carbocycles. The summed E-state index contributed by atoms with van der Waals surface area (Å²) in [5.74, 6) is -1.06. The molecule has 0 saturated carbocycles. The van der Waals surface area contributed by atoms with E-state index in [0.29, 0.717) is 40.2 Å². The summed E-state index contributed by atoms with van der Waals surface area (Å²) in [6.07, 6.45) is 0.708. The third kappa shape index (κ3) is 2.64. The van der Waals surface area contributed by atoms with Gasteiger partial charge in [-0.1, -0.05) is 36.5 Å². The molecule has 2 amide bonds. The Balaban J connectivity index is 1.78. The molecule has 2 aliphatic heterocycles. The Hall–Kier alpha value is -3.85. The fourth-order valence-corrected chi connectivity index (χ4v) is 5.98. The van der Waals surface area contributed by atoms with Gasteiger partial charge in [-0.3, -0.25) is 19.3 Å². The lowest BCUT2D eigenvalue weighted by molar-refractivity contribution is -0.121. The van der Waals surface area contributed by atoms with E-state index in [1.807, 2.05) is 39.0 Å². The van der Waals surface area contributed by atoms with Gasteiger partial charge in [-0.25, -0.2) is 0 Å². The normalized spacial score (nSPS) is 18.7. The van der Waals surface area contributed by atoms with Gasteiger partial charge in [0.15, 0.2) is 11.0 Å². The van der Waals surface area contributed by atoms with Crippen molar-refractivity contribution in [2.24, 2.45) is 0 Å². The van der Waals surface area contributed by atoms with Crippen LogP contribution < -0.4 is 15.2 Å². The largest absolute Gasteiger partial charge is 0.450 e. The minimum Gasteiger partial charge on any atom is -0.450 e. The Morgan fingerprint density at radius 2 is 1.77 bits per heavy atom. The van der Waals surface area contributed by atoms with Gasteiger partial charge in [-0.2, -0.15) is 0 Å². The number of hydrogen-bond donors (Lipinski definition) is 0. The van der Waals surface area contributed by atoms with Crippen LogP contribution in [0.1, 0.15) is 51.2 Å². The predicted octanol–water partition coefficient (Wildman–Crippen LogP) is 4.23. The summed E-state index contributed by atoms with van der Waals surface area (Å²) in [4.78, 5) is 45.5. The number of benzene rings is 2. The lowest BCUT2D eigenvalue weighted by Gasteiger charge is -2.32. The average Bonchev–Trinajstić information content (AvgIpc) is 3.44. The van der Waals surface area contributed by atoms with E-state index < -0.39 is 11.4 Å². The smallest absolute Gasteiger partial charge is 0.297 e. The number of aromatic nitrogens is 2. The molecule has 8 nitrogen and oxygen atoms in total. The summed E-state index contributed by atoms with van der Waals surface area (Å²) in [5.41, 5.74) is 1.36. The van der Waals surface area contributed by atoms with Crippen LogP contribution in [0.3, 0.4) is 0 Å². The van der Waals surface area contributed by atoms with Crippen LogP contribution >= 0.6 is 11.3 Å². The maximum Gasteiger partial charge on any atom is 0.297 e. The molecule has 4 heterocycles. The summed E-state index contributed by atoms with van der Waals surface area (Å²) in [7, 11) is 0. The SMILES string of the molecule is CCCN1C(=O)C2(c3ccccc31)c1c(oc3cc(C)c(C)cc3c1=O)C(=O)N2c1nnc(C)s1. The van der Waals surface area contributed by atoms with Gasteiger partial charge in [0, 0.05) is 12.1 Å². The second-order valence-corrected chi connectivity index (χ2v) is 10.2. The van der Waals surface area contributed by atoms with Crippen molar-refractivity contribution in [1.82, 2.24) is 10.2 Å². The average molecular weight is 487 g/mol. The highest BCUT2D eigenvalue weighted by Crippen LogP contribution is 2.54. The maximum absolute atomic E-state index is 14.4. The third-order valence-corrected chi connectivity index (χ3v) is 7.72. The first-order chi connectivity index (χ1) is 16.8. The van der Waals surface area contributed by atoms with E-state index in [1.54, 1.807) is 30.0 Å². The molecule has 9 heteroatoms. The molecular formula is C26H22N4O4S. The molecule has 2 aliphatic rings. The molecule has 0 saturated heterocycles.